The van der Waals surface area contributed by atoms with Gasteiger partial charge in [0.25, 0.3) is 0 Å². The van der Waals surface area contributed by atoms with Gasteiger partial charge >= 0.3 is 0 Å². The van der Waals surface area contributed by atoms with Crippen LogP contribution in [0.3, 0.4) is 0 Å². The van der Waals surface area contributed by atoms with Crippen molar-refractivity contribution in [3.8, 4) is 0 Å². The van der Waals surface area contributed by atoms with Crippen LogP contribution in [0.5, 0.6) is 0 Å². The first-order chi connectivity index (χ1) is 7.52. The maximum Gasteiger partial charge on any atom is 0.0771 e. The van der Waals surface area contributed by atoms with Crippen LogP contribution >= 0.6 is 0 Å². The minimum Gasteiger partial charge on any atom is -0.0853 e. The van der Waals surface area contributed by atoms with Gasteiger partial charge in [0.15, 0.2) is 0 Å². The van der Waals surface area contributed by atoms with E-state index >= 15 is 0 Å². The molecule has 0 aromatic carbocycles. The third-order valence-electron chi connectivity index (χ3n) is 2.81. The van der Waals surface area contributed by atoms with Gasteiger partial charge in [0.05, 0.1) is 8.07 Å². The quantitative estimate of drug-likeness (QED) is 0.288. The van der Waals surface area contributed by atoms with E-state index in [1.54, 1.807) is 5.20 Å². The Kier molecular flexibility index (Phi) is 8.64. The third-order valence-corrected chi connectivity index (χ3v) is 4.91. The molecule has 16 heavy (non-hydrogen) atoms. The van der Waals surface area contributed by atoms with Gasteiger partial charge in [-0.3, -0.25) is 0 Å². The number of rotatable bonds is 8. The monoisotopic (exact) mass is 238 g/mol. The van der Waals surface area contributed by atoms with Crippen LogP contribution in [-0.4, -0.2) is 8.07 Å². The highest BCUT2D eigenvalue weighted by atomic mass is 28.3. The average Bonchev–Trinajstić information content (AvgIpc) is 2.20. The molecule has 0 spiro atoms. The molecule has 0 unspecified atom stereocenters. The van der Waals surface area contributed by atoms with Gasteiger partial charge < -0.3 is 0 Å². The largest absolute Gasteiger partial charge is 0.0853 e. The molecule has 0 aromatic heterocycles. The Labute approximate surface area is 104 Å². The van der Waals surface area contributed by atoms with Gasteiger partial charge in [-0.1, -0.05) is 82.6 Å². The van der Waals surface area contributed by atoms with Crippen molar-refractivity contribution in [3.05, 3.63) is 23.4 Å². The molecule has 0 aliphatic rings. The Bertz CT molecular complexity index is 218. The average molecular weight is 238 g/mol. The standard InChI is InChI=1S/C15H30Si/c1-6-8-10-12-14-15(16(3,4)5)13-11-9-7-2/h12-14H,6-11H2,1-5H3/b14-12+,15-13-. The maximum absolute atomic E-state index is 2.48. The smallest absolute Gasteiger partial charge is 0.0771 e. The van der Waals surface area contributed by atoms with Crippen LogP contribution < -0.4 is 0 Å². The Morgan fingerprint density at radius 3 is 2.00 bits per heavy atom. The first-order valence-electron chi connectivity index (χ1n) is 6.89. The van der Waals surface area contributed by atoms with Crippen LogP contribution in [0.2, 0.25) is 19.6 Å². The minimum atomic E-state index is -1.12. The summed E-state index contributed by atoms with van der Waals surface area (Å²) in [7, 11) is -1.12. The Morgan fingerprint density at radius 2 is 1.50 bits per heavy atom. The van der Waals surface area contributed by atoms with E-state index in [0.29, 0.717) is 0 Å². The van der Waals surface area contributed by atoms with Crippen molar-refractivity contribution in [1.29, 1.82) is 0 Å². The molecule has 1 heteroatoms. The molecule has 94 valence electrons. The molecule has 0 radical (unpaired) electrons. The fourth-order valence-electron chi connectivity index (χ4n) is 1.62. The Morgan fingerprint density at radius 1 is 0.938 bits per heavy atom. The van der Waals surface area contributed by atoms with E-state index in [1.165, 1.54) is 38.5 Å². The summed E-state index contributed by atoms with van der Waals surface area (Å²) in [4.78, 5) is 0. The lowest BCUT2D eigenvalue weighted by atomic mass is 10.2. The zero-order valence-corrected chi connectivity index (χ0v) is 13.0. The lowest BCUT2D eigenvalue weighted by Gasteiger charge is -2.18. The molecule has 0 fully saturated rings. The van der Waals surface area contributed by atoms with E-state index < -0.39 is 8.07 Å². The van der Waals surface area contributed by atoms with Crippen molar-refractivity contribution in [3.63, 3.8) is 0 Å². The summed E-state index contributed by atoms with van der Waals surface area (Å²) in [5.74, 6) is 0. The zero-order chi connectivity index (χ0) is 12.4. The van der Waals surface area contributed by atoms with Gasteiger partial charge in [-0.2, -0.15) is 0 Å². The molecular formula is C15H30Si. The second kappa shape index (κ2) is 8.80. The first-order valence-corrected chi connectivity index (χ1v) is 10.4. The third kappa shape index (κ3) is 7.92. The second-order valence-electron chi connectivity index (χ2n) is 5.60. The van der Waals surface area contributed by atoms with Crippen LogP contribution in [-0.2, 0) is 0 Å². The highest BCUT2D eigenvalue weighted by Gasteiger charge is 2.16. The zero-order valence-electron chi connectivity index (χ0n) is 12.0. The molecule has 0 rings (SSSR count). The van der Waals surface area contributed by atoms with Crippen molar-refractivity contribution in [2.45, 2.75) is 72.0 Å². The second-order valence-corrected chi connectivity index (χ2v) is 10.7. The lowest BCUT2D eigenvalue weighted by molar-refractivity contribution is 0.811. The van der Waals surface area contributed by atoms with Crippen molar-refractivity contribution in [2.75, 3.05) is 0 Å². The fourth-order valence-corrected chi connectivity index (χ4v) is 2.99. The summed E-state index contributed by atoms with van der Waals surface area (Å²) < 4.78 is 0. The van der Waals surface area contributed by atoms with Gasteiger partial charge in [-0.05, 0) is 12.8 Å². The highest BCUT2D eigenvalue weighted by molar-refractivity contribution is 6.83. The molecule has 0 saturated heterocycles. The molecule has 0 nitrogen and oxygen atoms in total. The topological polar surface area (TPSA) is 0 Å². The summed E-state index contributed by atoms with van der Waals surface area (Å²) in [5.41, 5.74) is 0. The molecule has 0 saturated carbocycles. The number of hydrogen-bond donors (Lipinski definition) is 0. The number of allylic oxidation sites excluding steroid dienone is 4. The normalized spacial score (nSPS) is 13.7. The van der Waals surface area contributed by atoms with E-state index in [0.717, 1.165) is 0 Å². The highest BCUT2D eigenvalue weighted by Crippen LogP contribution is 2.18. The summed E-state index contributed by atoms with van der Waals surface area (Å²) in [5, 5.41) is 1.64. The SMILES string of the molecule is CCCC/C=C(/C=C/CCCC)[Si](C)(C)C. The van der Waals surface area contributed by atoms with E-state index in [-0.39, 0.29) is 0 Å². The fraction of sp³-hybridized carbons (Fsp3) is 0.733. The first kappa shape index (κ1) is 15.7. The molecule has 0 aliphatic heterocycles. The molecule has 0 bridgehead atoms. The van der Waals surface area contributed by atoms with Crippen LogP contribution in [0.25, 0.3) is 0 Å². The molecule has 0 aromatic rings. The molecular weight excluding hydrogens is 208 g/mol. The van der Waals surface area contributed by atoms with Crippen LogP contribution in [0.15, 0.2) is 23.4 Å². The Balaban J connectivity index is 4.32. The molecule has 0 amide bonds. The van der Waals surface area contributed by atoms with Gasteiger partial charge in [-0.25, -0.2) is 0 Å². The maximum atomic E-state index is 2.48. The van der Waals surface area contributed by atoms with E-state index in [4.69, 9.17) is 0 Å². The van der Waals surface area contributed by atoms with Crippen LogP contribution in [0, 0.1) is 0 Å². The van der Waals surface area contributed by atoms with Gasteiger partial charge in [0.2, 0.25) is 0 Å². The predicted octanol–water partition coefficient (Wildman–Crippen LogP) is 5.73. The number of unbranched alkanes of at least 4 members (excludes halogenated alkanes) is 4. The van der Waals surface area contributed by atoms with Crippen molar-refractivity contribution < 1.29 is 0 Å². The summed E-state index contributed by atoms with van der Waals surface area (Å²) in [6.07, 6.45) is 15.0. The van der Waals surface area contributed by atoms with E-state index in [9.17, 15) is 0 Å². The van der Waals surface area contributed by atoms with Gasteiger partial charge in [0, 0.05) is 0 Å². The predicted molar refractivity (Wildman–Crippen MR) is 79.6 cm³/mol. The van der Waals surface area contributed by atoms with Crippen LogP contribution in [0.1, 0.15) is 52.4 Å². The van der Waals surface area contributed by atoms with Crippen molar-refractivity contribution in [2.24, 2.45) is 0 Å². The van der Waals surface area contributed by atoms with Crippen molar-refractivity contribution >= 4 is 8.07 Å². The summed E-state index contributed by atoms with van der Waals surface area (Å²) in [6.45, 7) is 11.8. The molecule has 0 N–H and O–H groups in total. The summed E-state index contributed by atoms with van der Waals surface area (Å²) >= 11 is 0. The lowest BCUT2D eigenvalue weighted by Crippen LogP contribution is -2.22. The molecule has 0 heterocycles. The minimum absolute atomic E-state index is 1.12. The van der Waals surface area contributed by atoms with Gasteiger partial charge in [0.1, 0.15) is 0 Å². The van der Waals surface area contributed by atoms with E-state index in [1.807, 2.05) is 0 Å². The van der Waals surface area contributed by atoms with Crippen LogP contribution in [0.4, 0.5) is 0 Å². The molecule has 0 aliphatic carbocycles. The number of hydrogen-bond acceptors (Lipinski definition) is 0. The van der Waals surface area contributed by atoms with E-state index in [2.05, 4.69) is 51.7 Å². The van der Waals surface area contributed by atoms with Crippen molar-refractivity contribution in [1.82, 2.24) is 0 Å². The molecule has 0 atom stereocenters. The Hall–Kier alpha value is -0.303. The van der Waals surface area contributed by atoms with Gasteiger partial charge in [-0.15, -0.1) is 0 Å². The summed E-state index contributed by atoms with van der Waals surface area (Å²) in [6, 6.07) is 0.